The third-order valence-electron chi connectivity index (χ3n) is 3.34. The van der Waals surface area contributed by atoms with Crippen molar-refractivity contribution in [1.29, 1.82) is 5.41 Å². The molecule has 1 aliphatic rings. The Kier molecular flexibility index (Phi) is 2.43. The molecule has 0 spiro atoms. The van der Waals surface area contributed by atoms with Crippen LogP contribution in [-0.4, -0.2) is 27.4 Å². The number of aromatic amines is 1. The van der Waals surface area contributed by atoms with Crippen molar-refractivity contribution in [3.8, 4) is 0 Å². The van der Waals surface area contributed by atoms with E-state index in [0.717, 1.165) is 30.7 Å². The van der Waals surface area contributed by atoms with Gasteiger partial charge >= 0.3 is 0 Å². The summed E-state index contributed by atoms with van der Waals surface area (Å²) in [7, 11) is 0. The molecule has 1 fully saturated rings. The summed E-state index contributed by atoms with van der Waals surface area (Å²) in [6.45, 7) is 0.769. The molecule has 1 aromatic carbocycles. The number of H-pyrrole nitrogens is 1. The van der Waals surface area contributed by atoms with Crippen LogP contribution in [0.25, 0.3) is 11.0 Å². The number of benzene rings is 1. The molecule has 1 atom stereocenters. The lowest BCUT2D eigenvalue weighted by Gasteiger charge is -2.22. The van der Waals surface area contributed by atoms with E-state index in [1.54, 1.807) is 6.07 Å². The SMILES string of the molecule is N=C(N)N1CCCC1c1nc2ccc(F)cc2[nH]1. The maximum Gasteiger partial charge on any atom is 0.189 e. The van der Waals surface area contributed by atoms with Crippen LogP contribution < -0.4 is 5.73 Å². The third kappa shape index (κ3) is 1.70. The van der Waals surface area contributed by atoms with Crippen molar-refractivity contribution >= 4 is 17.0 Å². The smallest absolute Gasteiger partial charge is 0.189 e. The monoisotopic (exact) mass is 247 g/mol. The van der Waals surface area contributed by atoms with Gasteiger partial charge in [0, 0.05) is 6.54 Å². The molecule has 0 radical (unpaired) electrons. The maximum atomic E-state index is 13.1. The van der Waals surface area contributed by atoms with Crippen molar-refractivity contribution in [2.75, 3.05) is 6.54 Å². The fourth-order valence-electron chi connectivity index (χ4n) is 2.50. The first-order valence-electron chi connectivity index (χ1n) is 5.91. The Morgan fingerprint density at radius 2 is 2.39 bits per heavy atom. The van der Waals surface area contributed by atoms with Gasteiger partial charge in [0.2, 0.25) is 0 Å². The predicted octanol–water partition coefficient (Wildman–Crippen LogP) is 1.73. The van der Waals surface area contributed by atoms with E-state index in [0.29, 0.717) is 5.52 Å². The van der Waals surface area contributed by atoms with Crippen LogP contribution in [-0.2, 0) is 0 Å². The number of guanidine groups is 1. The molecule has 94 valence electrons. The average Bonchev–Trinajstić information content (AvgIpc) is 2.93. The minimum atomic E-state index is -0.285. The molecule has 6 heteroatoms. The van der Waals surface area contributed by atoms with Crippen molar-refractivity contribution in [2.24, 2.45) is 5.73 Å². The molecule has 2 aromatic rings. The lowest BCUT2D eigenvalue weighted by molar-refractivity contribution is 0.380. The van der Waals surface area contributed by atoms with Gasteiger partial charge in [-0.1, -0.05) is 0 Å². The summed E-state index contributed by atoms with van der Waals surface area (Å²) in [6, 6.07) is 4.47. The van der Waals surface area contributed by atoms with Crippen LogP contribution in [0.15, 0.2) is 18.2 Å². The Hall–Kier alpha value is -2.11. The van der Waals surface area contributed by atoms with Crippen LogP contribution in [0.3, 0.4) is 0 Å². The first-order valence-corrected chi connectivity index (χ1v) is 5.91. The minimum absolute atomic E-state index is 0.00189. The molecule has 0 aliphatic carbocycles. The molecule has 4 N–H and O–H groups in total. The molecule has 3 rings (SSSR count). The molecule has 1 saturated heterocycles. The molecule has 1 aromatic heterocycles. The van der Waals surface area contributed by atoms with Crippen LogP contribution in [0.5, 0.6) is 0 Å². The van der Waals surface area contributed by atoms with Crippen molar-refractivity contribution in [2.45, 2.75) is 18.9 Å². The van der Waals surface area contributed by atoms with Crippen LogP contribution in [0.2, 0.25) is 0 Å². The standard InChI is InChI=1S/C12H14FN5/c13-7-3-4-8-9(6-7)17-11(16-8)10-2-1-5-18(10)12(14)15/h3-4,6,10H,1-2,5H2,(H3,14,15)(H,16,17). The van der Waals surface area contributed by atoms with Crippen LogP contribution >= 0.6 is 0 Å². The normalized spacial score (nSPS) is 19.6. The second-order valence-corrected chi connectivity index (χ2v) is 4.52. The highest BCUT2D eigenvalue weighted by molar-refractivity contribution is 5.77. The molecule has 1 aliphatic heterocycles. The summed E-state index contributed by atoms with van der Waals surface area (Å²) in [6.07, 6.45) is 1.89. The van der Waals surface area contributed by atoms with Gasteiger partial charge in [0.1, 0.15) is 11.6 Å². The first-order chi connectivity index (χ1) is 8.65. The Labute approximate surface area is 103 Å². The third-order valence-corrected chi connectivity index (χ3v) is 3.34. The molecular weight excluding hydrogens is 233 g/mol. The van der Waals surface area contributed by atoms with Gasteiger partial charge in [-0.25, -0.2) is 9.37 Å². The zero-order valence-corrected chi connectivity index (χ0v) is 9.78. The van der Waals surface area contributed by atoms with Gasteiger partial charge in [-0.2, -0.15) is 0 Å². The van der Waals surface area contributed by atoms with E-state index in [-0.39, 0.29) is 17.8 Å². The second-order valence-electron chi connectivity index (χ2n) is 4.52. The summed E-state index contributed by atoms with van der Waals surface area (Å²) < 4.78 is 13.1. The lowest BCUT2D eigenvalue weighted by atomic mass is 10.2. The number of hydrogen-bond donors (Lipinski definition) is 3. The first kappa shape index (κ1) is 11.0. The number of nitrogens with one attached hydrogen (secondary N) is 2. The Morgan fingerprint density at radius 1 is 1.56 bits per heavy atom. The number of hydrogen-bond acceptors (Lipinski definition) is 2. The van der Waals surface area contributed by atoms with Crippen molar-refractivity contribution in [3.05, 3.63) is 29.8 Å². The summed E-state index contributed by atoms with van der Waals surface area (Å²) in [5.41, 5.74) is 6.97. The largest absolute Gasteiger partial charge is 0.370 e. The highest BCUT2D eigenvalue weighted by Gasteiger charge is 2.29. The zero-order chi connectivity index (χ0) is 12.7. The number of halogens is 1. The van der Waals surface area contributed by atoms with Gasteiger partial charge in [0.15, 0.2) is 5.96 Å². The number of aromatic nitrogens is 2. The quantitative estimate of drug-likeness (QED) is 0.530. The Morgan fingerprint density at radius 3 is 3.17 bits per heavy atom. The topological polar surface area (TPSA) is 81.8 Å². The van der Waals surface area contributed by atoms with Crippen LogP contribution in [0.4, 0.5) is 4.39 Å². The number of rotatable bonds is 1. The van der Waals surface area contributed by atoms with E-state index in [2.05, 4.69) is 9.97 Å². The van der Waals surface area contributed by atoms with E-state index in [9.17, 15) is 4.39 Å². The molecule has 0 bridgehead atoms. The van der Waals surface area contributed by atoms with E-state index >= 15 is 0 Å². The van der Waals surface area contributed by atoms with Gasteiger partial charge in [-0.3, -0.25) is 5.41 Å². The van der Waals surface area contributed by atoms with Crippen molar-refractivity contribution in [1.82, 2.24) is 14.9 Å². The summed E-state index contributed by atoms with van der Waals surface area (Å²) >= 11 is 0. The van der Waals surface area contributed by atoms with E-state index in [1.165, 1.54) is 12.1 Å². The molecule has 18 heavy (non-hydrogen) atoms. The predicted molar refractivity (Wildman–Crippen MR) is 66.6 cm³/mol. The zero-order valence-electron chi connectivity index (χ0n) is 9.78. The van der Waals surface area contributed by atoms with Gasteiger partial charge in [0.05, 0.1) is 17.1 Å². The summed E-state index contributed by atoms with van der Waals surface area (Å²) in [5.74, 6) is 0.528. The van der Waals surface area contributed by atoms with Crippen molar-refractivity contribution < 1.29 is 4.39 Å². The number of likely N-dealkylation sites (tertiary alicyclic amines) is 1. The highest BCUT2D eigenvalue weighted by atomic mass is 19.1. The second kappa shape index (κ2) is 3.97. The molecule has 0 amide bonds. The van der Waals surface area contributed by atoms with Gasteiger partial charge in [0.25, 0.3) is 0 Å². The molecule has 2 heterocycles. The molecular formula is C12H14FN5. The maximum absolute atomic E-state index is 13.1. The lowest BCUT2D eigenvalue weighted by Crippen LogP contribution is -2.36. The number of nitrogens with two attached hydrogens (primary N) is 1. The number of nitrogens with zero attached hydrogens (tertiary/aromatic N) is 2. The van der Waals surface area contributed by atoms with E-state index in [1.807, 2.05) is 4.90 Å². The van der Waals surface area contributed by atoms with Gasteiger partial charge in [-0.15, -0.1) is 0 Å². The molecule has 0 saturated carbocycles. The Bertz CT molecular complexity index is 606. The number of imidazole rings is 1. The average molecular weight is 247 g/mol. The summed E-state index contributed by atoms with van der Waals surface area (Å²) in [5, 5.41) is 7.54. The molecule has 1 unspecified atom stereocenters. The van der Waals surface area contributed by atoms with E-state index in [4.69, 9.17) is 11.1 Å². The van der Waals surface area contributed by atoms with Crippen LogP contribution in [0, 0.1) is 11.2 Å². The van der Waals surface area contributed by atoms with Gasteiger partial charge in [-0.05, 0) is 31.0 Å². The van der Waals surface area contributed by atoms with Crippen molar-refractivity contribution in [3.63, 3.8) is 0 Å². The fourth-order valence-corrected chi connectivity index (χ4v) is 2.50. The number of fused-ring (bicyclic) bond motifs is 1. The highest BCUT2D eigenvalue weighted by Crippen LogP contribution is 2.30. The van der Waals surface area contributed by atoms with Crippen LogP contribution in [0.1, 0.15) is 24.7 Å². The minimum Gasteiger partial charge on any atom is -0.370 e. The van der Waals surface area contributed by atoms with E-state index < -0.39 is 0 Å². The molecule has 5 nitrogen and oxygen atoms in total. The fraction of sp³-hybridized carbons (Fsp3) is 0.333. The van der Waals surface area contributed by atoms with Gasteiger partial charge < -0.3 is 15.6 Å². The Balaban J connectivity index is 2.01. The summed E-state index contributed by atoms with van der Waals surface area (Å²) in [4.78, 5) is 9.38.